The number of hydrogen-bond acceptors (Lipinski definition) is 2. The predicted octanol–water partition coefficient (Wildman–Crippen LogP) is 1.91. The van der Waals surface area contributed by atoms with Crippen molar-refractivity contribution in [1.29, 1.82) is 0 Å². The average Bonchev–Trinajstić information content (AvgIpc) is 2.17. The lowest BCUT2D eigenvalue weighted by atomic mass is 9.90. The summed E-state index contributed by atoms with van der Waals surface area (Å²) < 4.78 is 0. The summed E-state index contributed by atoms with van der Waals surface area (Å²) in [4.78, 5) is 2.33. The molecule has 0 spiro atoms. The topological polar surface area (TPSA) is 23.5 Å². The van der Waals surface area contributed by atoms with Crippen LogP contribution in [0.2, 0.25) is 0 Å². The smallest absolute Gasteiger partial charge is 0.0558 e. The van der Waals surface area contributed by atoms with Crippen molar-refractivity contribution < 1.29 is 5.11 Å². The van der Waals surface area contributed by atoms with Crippen LogP contribution in [-0.4, -0.2) is 29.7 Å². The molecule has 0 bridgehead atoms. The molecule has 1 atom stereocenters. The molecule has 15 heavy (non-hydrogen) atoms. The van der Waals surface area contributed by atoms with Gasteiger partial charge < -0.3 is 5.11 Å². The molecule has 0 saturated heterocycles. The van der Waals surface area contributed by atoms with Crippen molar-refractivity contribution in [1.82, 2.24) is 4.90 Å². The molecule has 1 aromatic rings. The SMILES string of the molecule is Cc1ccc2c(c1)CN(CCO)CC2C. The second-order valence-corrected chi connectivity index (χ2v) is 4.56. The van der Waals surface area contributed by atoms with Crippen molar-refractivity contribution in [3.63, 3.8) is 0 Å². The van der Waals surface area contributed by atoms with Crippen molar-refractivity contribution in [2.75, 3.05) is 19.7 Å². The van der Waals surface area contributed by atoms with E-state index in [0.29, 0.717) is 5.92 Å². The van der Waals surface area contributed by atoms with Gasteiger partial charge in [-0.05, 0) is 24.0 Å². The highest BCUT2D eigenvalue weighted by Crippen LogP contribution is 2.28. The van der Waals surface area contributed by atoms with Gasteiger partial charge in [-0.25, -0.2) is 0 Å². The highest BCUT2D eigenvalue weighted by molar-refractivity contribution is 5.35. The average molecular weight is 205 g/mol. The Kier molecular flexibility index (Phi) is 3.08. The maximum absolute atomic E-state index is 8.97. The number of aliphatic hydroxyl groups excluding tert-OH is 1. The van der Waals surface area contributed by atoms with Crippen molar-refractivity contribution >= 4 is 0 Å². The molecule has 0 radical (unpaired) electrons. The lowest BCUT2D eigenvalue weighted by molar-refractivity contribution is 0.175. The van der Waals surface area contributed by atoms with E-state index in [1.165, 1.54) is 16.7 Å². The highest BCUT2D eigenvalue weighted by Gasteiger charge is 2.21. The molecule has 1 aromatic carbocycles. The van der Waals surface area contributed by atoms with Crippen LogP contribution in [-0.2, 0) is 6.54 Å². The molecule has 2 rings (SSSR count). The van der Waals surface area contributed by atoms with Crippen LogP contribution in [0.5, 0.6) is 0 Å². The maximum Gasteiger partial charge on any atom is 0.0558 e. The Labute approximate surface area is 91.5 Å². The van der Waals surface area contributed by atoms with Crippen LogP contribution in [0.1, 0.15) is 29.5 Å². The number of hydrogen-bond donors (Lipinski definition) is 1. The van der Waals surface area contributed by atoms with Gasteiger partial charge in [-0.1, -0.05) is 30.7 Å². The molecule has 0 fully saturated rings. The Morgan fingerprint density at radius 1 is 1.47 bits per heavy atom. The zero-order valence-corrected chi connectivity index (χ0v) is 9.53. The Hall–Kier alpha value is -0.860. The fourth-order valence-corrected chi connectivity index (χ4v) is 2.46. The molecule has 1 aliphatic heterocycles. The van der Waals surface area contributed by atoms with Crippen LogP contribution in [0.25, 0.3) is 0 Å². The largest absolute Gasteiger partial charge is 0.395 e. The summed E-state index contributed by atoms with van der Waals surface area (Å²) in [6.07, 6.45) is 0. The molecule has 0 aromatic heterocycles. The van der Waals surface area contributed by atoms with Gasteiger partial charge in [0, 0.05) is 19.6 Å². The fourth-order valence-electron chi connectivity index (χ4n) is 2.46. The quantitative estimate of drug-likeness (QED) is 0.797. The van der Waals surface area contributed by atoms with Gasteiger partial charge in [-0.3, -0.25) is 4.90 Å². The van der Waals surface area contributed by atoms with E-state index in [9.17, 15) is 0 Å². The third-order valence-electron chi connectivity index (χ3n) is 3.17. The lowest BCUT2D eigenvalue weighted by Gasteiger charge is -2.32. The summed E-state index contributed by atoms with van der Waals surface area (Å²) in [6.45, 7) is 7.50. The first-order valence-electron chi connectivity index (χ1n) is 5.63. The Bertz CT molecular complexity index is 348. The summed E-state index contributed by atoms with van der Waals surface area (Å²) in [5.74, 6) is 0.584. The molecule has 0 amide bonds. The van der Waals surface area contributed by atoms with Crippen molar-refractivity contribution in [2.45, 2.75) is 26.3 Å². The molecule has 1 N–H and O–H groups in total. The highest BCUT2D eigenvalue weighted by atomic mass is 16.3. The summed E-state index contributed by atoms with van der Waals surface area (Å²) in [5, 5.41) is 8.97. The molecule has 0 aliphatic carbocycles. The molecule has 1 unspecified atom stereocenters. The van der Waals surface area contributed by atoms with Crippen LogP contribution in [0.15, 0.2) is 18.2 Å². The molecule has 1 aliphatic rings. The predicted molar refractivity (Wildman–Crippen MR) is 62.0 cm³/mol. The van der Waals surface area contributed by atoms with Crippen molar-refractivity contribution in [3.05, 3.63) is 34.9 Å². The first-order valence-corrected chi connectivity index (χ1v) is 5.63. The fraction of sp³-hybridized carbons (Fsp3) is 0.538. The molecule has 2 nitrogen and oxygen atoms in total. The maximum atomic E-state index is 8.97. The van der Waals surface area contributed by atoms with Gasteiger partial charge in [0.15, 0.2) is 0 Å². The minimum atomic E-state index is 0.258. The number of rotatable bonds is 2. The van der Waals surface area contributed by atoms with Crippen LogP contribution in [0, 0.1) is 6.92 Å². The molecular weight excluding hydrogens is 186 g/mol. The molecule has 1 heterocycles. The third kappa shape index (κ3) is 2.21. The van der Waals surface area contributed by atoms with Crippen LogP contribution in [0.4, 0.5) is 0 Å². The van der Waals surface area contributed by atoms with Gasteiger partial charge in [-0.15, -0.1) is 0 Å². The Morgan fingerprint density at radius 2 is 2.27 bits per heavy atom. The summed E-state index contributed by atoms with van der Waals surface area (Å²) in [5.41, 5.74) is 4.24. The number of nitrogens with zero attached hydrogens (tertiary/aromatic N) is 1. The Morgan fingerprint density at radius 3 is 3.00 bits per heavy atom. The molecular formula is C13H19NO. The van der Waals surface area contributed by atoms with Crippen LogP contribution in [0.3, 0.4) is 0 Å². The van der Waals surface area contributed by atoms with E-state index < -0.39 is 0 Å². The normalized spacial score (nSPS) is 21.4. The number of fused-ring (bicyclic) bond motifs is 1. The zero-order valence-electron chi connectivity index (χ0n) is 9.53. The van der Waals surface area contributed by atoms with E-state index in [1.54, 1.807) is 0 Å². The molecule has 2 heteroatoms. The summed E-state index contributed by atoms with van der Waals surface area (Å²) >= 11 is 0. The van der Waals surface area contributed by atoms with Gasteiger partial charge in [0.2, 0.25) is 0 Å². The van der Waals surface area contributed by atoms with Crippen molar-refractivity contribution in [2.24, 2.45) is 0 Å². The summed E-state index contributed by atoms with van der Waals surface area (Å²) in [6, 6.07) is 6.72. The molecule has 0 saturated carbocycles. The first kappa shape index (κ1) is 10.7. The number of β-amino-alcohol motifs (C(OH)–C–C–N with tert-alkyl or cyclic N) is 1. The second kappa shape index (κ2) is 4.33. The lowest BCUT2D eigenvalue weighted by Crippen LogP contribution is -2.34. The monoisotopic (exact) mass is 205 g/mol. The minimum Gasteiger partial charge on any atom is -0.395 e. The zero-order chi connectivity index (χ0) is 10.8. The third-order valence-corrected chi connectivity index (χ3v) is 3.17. The standard InChI is InChI=1S/C13H19NO/c1-10-3-4-13-11(2)8-14(5-6-15)9-12(13)7-10/h3-4,7,11,15H,5-6,8-9H2,1-2H3. The van der Waals surface area contributed by atoms with E-state index in [1.807, 2.05) is 0 Å². The van der Waals surface area contributed by atoms with E-state index in [0.717, 1.165) is 19.6 Å². The van der Waals surface area contributed by atoms with Crippen LogP contribution < -0.4 is 0 Å². The van der Waals surface area contributed by atoms with Crippen molar-refractivity contribution in [3.8, 4) is 0 Å². The van der Waals surface area contributed by atoms with Gasteiger partial charge in [0.1, 0.15) is 0 Å². The molecule has 82 valence electrons. The van der Waals surface area contributed by atoms with Gasteiger partial charge >= 0.3 is 0 Å². The van der Waals surface area contributed by atoms with Gasteiger partial charge in [-0.2, -0.15) is 0 Å². The van der Waals surface area contributed by atoms with Gasteiger partial charge in [0.25, 0.3) is 0 Å². The number of benzene rings is 1. The van der Waals surface area contributed by atoms with E-state index in [2.05, 4.69) is 36.9 Å². The summed E-state index contributed by atoms with van der Waals surface area (Å²) in [7, 11) is 0. The van der Waals surface area contributed by atoms with Gasteiger partial charge in [0.05, 0.1) is 6.61 Å². The Balaban J connectivity index is 2.25. The number of aryl methyl sites for hydroxylation is 1. The number of aliphatic hydroxyl groups is 1. The van der Waals surface area contributed by atoms with Crippen LogP contribution >= 0.6 is 0 Å². The second-order valence-electron chi connectivity index (χ2n) is 4.56. The van der Waals surface area contributed by atoms with E-state index in [-0.39, 0.29) is 6.61 Å². The minimum absolute atomic E-state index is 0.258. The van der Waals surface area contributed by atoms with E-state index in [4.69, 9.17) is 5.11 Å². The van der Waals surface area contributed by atoms with E-state index >= 15 is 0 Å². The first-order chi connectivity index (χ1) is 7.20.